The van der Waals surface area contributed by atoms with Gasteiger partial charge in [0, 0.05) is 16.7 Å². The zero-order chi connectivity index (χ0) is 13.1. The molecule has 3 heteroatoms. The van der Waals surface area contributed by atoms with E-state index in [1.165, 1.54) is 25.3 Å². The number of benzene rings is 2. The number of hydrogen-bond acceptors (Lipinski definition) is 2. The lowest BCUT2D eigenvalue weighted by Crippen LogP contribution is -1.93. The minimum absolute atomic E-state index is 0.371. The van der Waals surface area contributed by atoms with E-state index in [-0.39, 0.29) is 5.82 Å². The Morgan fingerprint density at radius 3 is 2.56 bits per heavy atom. The Kier molecular flexibility index (Phi) is 3.42. The number of halogens is 1. The molecule has 0 saturated heterocycles. The monoisotopic (exact) mass is 244 g/mol. The van der Waals surface area contributed by atoms with Gasteiger partial charge >= 0.3 is 0 Å². The molecule has 0 radical (unpaired) electrons. The van der Waals surface area contributed by atoms with Crippen LogP contribution in [0.15, 0.2) is 36.4 Å². The van der Waals surface area contributed by atoms with Gasteiger partial charge in [0.2, 0.25) is 0 Å². The lowest BCUT2D eigenvalue weighted by atomic mass is 10.00. The maximum Gasteiger partial charge on any atom is 0.150 e. The topological polar surface area (TPSA) is 26.3 Å². The standard InChI is InChI=1S/C15H13FO2/c1-10-3-6-15(18-2)13(7-10)12-8-11(9-17)4-5-14(12)16/h3-9H,1-2H3. The molecule has 0 saturated carbocycles. The van der Waals surface area contributed by atoms with Crippen LogP contribution < -0.4 is 4.74 Å². The molecule has 2 rings (SSSR count). The Morgan fingerprint density at radius 2 is 1.89 bits per heavy atom. The number of ether oxygens (including phenoxy) is 1. The Bertz CT molecular complexity index is 591. The Labute approximate surface area is 105 Å². The van der Waals surface area contributed by atoms with Crippen LogP contribution in [0.25, 0.3) is 11.1 Å². The van der Waals surface area contributed by atoms with Crippen LogP contribution in [0.5, 0.6) is 5.75 Å². The van der Waals surface area contributed by atoms with Crippen molar-refractivity contribution in [2.45, 2.75) is 6.92 Å². The number of carbonyl (C=O) groups excluding carboxylic acids is 1. The Morgan fingerprint density at radius 1 is 1.11 bits per heavy atom. The first kappa shape index (κ1) is 12.3. The number of methoxy groups -OCH3 is 1. The van der Waals surface area contributed by atoms with Crippen molar-refractivity contribution in [3.05, 3.63) is 53.3 Å². The predicted molar refractivity (Wildman–Crippen MR) is 68.5 cm³/mol. The molecule has 0 aliphatic carbocycles. The molecule has 0 N–H and O–H groups in total. The van der Waals surface area contributed by atoms with Gasteiger partial charge in [0.05, 0.1) is 7.11 Å². The van der Waals surface area contributed by atoms with Crippen LogP contribution in [0.1, 0.15) is 15.9 Å². The van der Waals surface area contributed by atoms with Crippen molar-refractivity contribution >= 4 is 6.29 Å². The quantitative estimate of drug-likeness (QED) is 0.771. The van der Waals surface area contributed by atoms with Crippen molar-refractivity contribution in [3.63, 3.8) is 0 Å². The van der Waals surface area contributed by atoms with E-state index < -0.39 is 0 Å². The lowest BCUT2D eigenvalue weighted by Gasteiger charge is -2.11. The van der Waals surface area contributed by atoms with Crippen molar-refractivity contribution in [3.8, 4) is 16.9 Å². The zero-order valence-electron chi connectivity index (χ0n) is 10.2. The summed E-state index contributed by atoms with van der Waals surface area (Å²) in [4.78, 5) is 10.8. The summed E-state index contributed by atoms with van der Waals surface area (Å²) >= 11 is 0. The average Bonchev–Trinajstić information content (AvgIpc) is 2.39. The van der Waals surface area contributed by atoms with E-state index in [0.717, 1.165) is 5.56 Å². The smallest absolute Gasteiger partial charge is 0.150 e. The molecule has 2 aromatic carbocycles. The molecule has 0 aliphatic rings. The number of carbonyl (C=O) groups is 1. The van der Waals surface area contributed by atoms with Crippen LogP contribution in [-0.4, -0.2) is 13.4 Å². The summed E-state index contributed by atoms with van der Waals surface area (Å²) in [7, 11) is 1.54. The summed E-state index contributed by atoms with van der Waals surface area (Å²) in [5.41, 5.74) is 2.47. The van der Waals surface area contributed by atoms with E-state index in [1.54, 1.807) is 6.07 Å². The first-order valence-corrected chi connectivity index (χ1v) is 5.55. The van der Waals surface area contributed by atoms with Crippen LogP contribution in [0.3, 0.4) is 0 Å². The Hall–Kier alpha value is -2.16. The van der Waals surface area contributed by atoms with Crippen LogP contribution in [0, 0.1) is 12.7 Å². The maximum absolute atomic E-state index is 13.9. The van der Waals surface area contributed by atoms with E-state index in [2.05, 4.69) is 0 Å². The second kappa shape index (κ2) is 5.00. The summed E-state index contributed by atoms with van der Waals surface area (Å²) in [5, 5.41) is 0. The van der Waals surface area contributed by atoms with Gasteiger partial charge in [-0.05, 0) is 37.3 Å². The molecule has 0 fully saturated rings. The largest absolute Gasteiger partial charge is 0.496 e. The third-order valence-electron chi connectivity index (χ3n) is 2.77. The molecule has 2 aromatic rings. The molecule has 18 heavy (non-hydrogen) atoms. The number of aryl methyl sites for hydroxylation is 1. The molecule has 0 heterocycles. The first-order valence-electron chi connectivity index (χ1n) is 5.55. The SMILES string of the molecule is COc1ccc(C)cc1-c1cc(C=O)ccc1F. The molecular formula is C15H13FO2. The van der Waals surface area contributed by atoms with Gasteiger partial charge < -0.3 is 4.74 Å². The Balaban J connectivity index is 2.67. The fraction of sp³-hybridized carbons (Fsp3) is 0.133. The van der Waals surface area contributed by atoms with E-state index in [0.29, 0.717) is 28.7 Å². The number of hydrogen-bond donors (Lipinski definition) is 0. The minimum atomic E-state index is -0.371. The van der Waals surface area contributed by atoms with Crippen molar-refractivity contribution in [2.75, 3.05) is 7.11 Å². The highest BCUT2D eigenvalue weighted by Crippen LogP contribution is 2.33. The van der Waals surface area contributed by atoms with Crippen molar-refractivity contribution in [1.82, 2.24) is 0 Å². The van der Waals surface area contributed by atoms with E-state index >= 15 is 0 Å². The van der Waals surface area contributed by atoms with Gasteiger partial charge in [-0.3, -0.25) is 4.79 Å². The highest BCUT2D eigenvalue weighted by molar-refractivity contribution is 5.80. The number of aldehydes is 1. The van der Waals surface area contributed by atoms with Crippen LogP contribution in [0.2, 0.25) is 0 Å². The highest BCUT2D eigenvalue weighted by atomic mass is 19.1. The van der Waals surface area contributed by atoms with Gasteiger partial charge in [0.25, 0.3) is 0 Å². The third-order valence-corrected chi connectivity index (χ3v) is 2.77. The van der Waals surface area contributed by atoms with Gasteiger partial charge in [0.15, 0.2) is 0 Å². The molecule has 0 atom stereocenters. The van der Waals surface area contributed by atoms with Crippen LogP contribution in [0.4, 0.5) is 4.39 Å². The van der Waals surface area contributed by atoms with E-state index in [9.17, 15) is 9.18 Å². The van der Waals surface area contributed by atoms with E-state index in [4.69, 9.17) is 4.74 Å². The molecule has 0 aliphatic heterocycles. The van der Waals surface area contributed by atoms with Crippen molar-refractivity contribution in [2.24, 2.45) is 0 Å². The lowest BCUT2D eigenvalue weighted by molar-refractivity contribution is 0.112. The van der Waals surface area contributed by atoms with Crippen LogP contribution >= 0.6 is 0 Å². The van der Waals surface area contributed by atoms with Gasteiger partial charge in [-0.1, -0.05) is 11.6 Å². The average molecular weight is 244 g/mol. The summed E-state index contributed by atoms with van der Waals surface area (Å²) < 4.78 is 19.1. The molecule has 0 spiro atoms. The third kappa shape index (κ3) is 2.25. The zero-order valence-corrected chi connectivity index (χ0v) is 10.2. The van der Waals surface area contributed by atoms with E-state index in [1.807, 2.05) is 19.1 Å². The summed E-state index contributed by atoms with van der Waals surface area (Å²) in [6.07, 6.45) is 0.700. The summed E-state index contributed by atoms with van der Waals surface area (Å²) in [6.45, 7) is 1.92. The van der Waals surface area contributed by atoms with Crippen molar-refractivity contribution < 1.29 is 13.9 Å². The molecule has 0 amide bonds. The fourth-order valence-corrected chi connectivity index (χ4v) is 1.85. The maximum atomic E-state index is 13.9. The second-order valence-corrected chi connectivity index (χ2v) is 4.06. The molecule has 0 bridgehead atoms. The van der Waals surface area contributed by atoms with Gasteiger partial charge in [0.1, 0.15) is 17.9 Å². The normalized spacial score (nSPS) is 10.2. The van der Waals surface area contributed by atoms with Crippen LogP contribution in [-0.2, 0) is 0 Å². The summed E-state index contributed by atoms with van der Waals surface area (Å²) in [5.74, 6) is 0.215. The van der Waals surface area contributed by atoms with Gasteiger partial charge in [-0.15, -0.1) is 0 Å². The minimum Gasteiger partial charge on any atom is -0.496 e. The molecule has 0 aromatic heterocycles. The predicted octanol–water partition coefficient (Wildman–Crippen LogP) is 3.62. The molecular weight excluding hydrogens is 231 g/mol. The fourth-order valence-electron chi connectivity index (χ4n) is 1.85. The number of rotatable bonds is 3. The molecule has 2 nitrogen and oxygen atoms in total. The van der Waals surface area contributed by atoms with Gasteiger partial charge in [-0.25, -0.2) is 4.39 Å². The molecule has 92 valence electrons. The van der Waals surface area contributed by atoms with Crippen molar-refractivity contribution in [1.29, 1.82) is 0 Å². The first-order chi connectivity index (χ1) is 8.65. The second-order valence-electron chi connectivity index (χ2n) is 4.06. The summed E-state index contributed by atoms with van der Waals surface area (Å²) in [6, 6.07) is 9.79. The highest BCUT2D eigenvalue weighted by Gasteiger charge is 2.11. The molecule has 0 unspecified atom stereocenters. The van der Waals surface area contributed by atoms with Gasteiger partial charge in [-0.2, -0.15) is 0 Å².